The van der Waals surface area contributed by atoms with E-state index in [0.717, 1.165) is 16.7 Å². The van der Waals surface area contributed by atoms with Gasteiger partial charge in [0.1, 0.15) is 6.29 Å². The lowest BCUT2D eigenvalue weighted by atomic mass is 10.0. The first-order chi connectivity index (χ1) is 12.8. The normalized spacial score (nSPS) is 26.1. The third kappa shape index (κ3) is 3.08. The van der Waals surface area contributed by atoms with Gasteiger partial charge in [0.25, 0.3) is 0 Å². The molecule has 0 saturated carbocycles. The molecule has 3 rings (SSSR count). The summed E-state index contributed by atoms with van der Waals surface area (Å²) < 4.78 is 6.14. The third-order valence-electron chi connectivity index (χ3n) is 5.82. The van der Waals surface area contributed by atoms with Crippen molar-refractivity contribution < 1.29 is 19.7 Å². The zero-order chi connectivity index (χ0) is 19.7. The van der Waals surface area contributed by atoms with Crippen LogP contribution in [0.1, 0.15) is 27.2 Å². The highest BCUT2D eigenvalue weighted by molar-refractivity contribution is 7.06. The van der Waals surface area contributed by atoms with E-state index < -0.39 is 25.5 Å². The molecule has 4 nitrogen and oxygen atoms in total. The Balaban J connectivity index is 2.33. The lowest BCUT2D eigenvalue weighted by Crippen LogP contribution is -2.77. The van der Waals surface area contributed by atoms with Crippen molar-refractivity contribution in [3.8, 4) is 0 Å². The molecular formula is C22H28O4Si. The molecule has 1 saturated heterocycles. The predicted octanol–water partition coefficient (Wildman–Crippen LogP) is 1.87. The molecule has 5 heteroatoms. The van der Waals surface area contributed by atoms with Gasteiger partial charge in [-0.3, -0.25) is 0 Å². The number of aliphatic hydroxyl groups excluding tert-OH is 1. The van der Waals surface area contributed by atoms with E-state index in [1.165, 1.54) is 0 Å². The standard InChI is InChI=1S/C22H28O4Si/c1-21(2,3)27(18-10-6-4-7-11-18,19-12-8-5-9-13-19)22(25)14-17(15-23)20(16-24)26-22/h4-13,15,17,20,24-25H,14,16H2,1-3H3/t17-,20-,22?/m1/s1. The molecule has 1 fully saturated rings. The molecule has 0 spiro atoms. The van der Waals surface area contributed by atoms with Gasteiger partial charge in [-0.15, -0.1) is 0 Å². The molecule has 1 aliphatic rings. The molecule has 2 aromatic rings. The Morgan fingerprint density at radius 3 is 1.89 bits per heavy atom. The van der Waals surface area contributed by atoms with Gasteiger partial charge in [-0.1, -0.05) is 81.4 Å². The first kappa shape index (κ1) is 20.0. The Morgan fingerprint density at radius 1 is 1.07 bits per heavy atom. The molecule has 0 bridgehead atoms. The van der Waals surface area contributed by atoms with Crippen LogP contribution in [0.3, 0.4) is 0 Å². The van der Waals surface area contributed by atoms with Crippen LogP contribution in [0.2, 0.25) is 5.04 Å². The smallest absolute Gasteiger partial charge is 0.191 e. The summed E-state index contributed by atoms with van der Waals surface area (Å²) in [5, 5.41) is 23.5. The van der Waals surface area contributed by atoms with E-state index in [9.17, 15) is 15.0 Å². The van der Waals surface area contributed by atoms with Crippen molar-refractivity contribution in [3.63, 3.8) is 0 Å². The Morgan fingerprint density at radius 2 is 1.56 bits per heavy atom. The summed E-state index contributed by atoms with van der Waals surface area (Å²) in [5.74, 6) is -0.526. The number of benzene rings is 2. The molecule has 1 aliphatic heterocycles. The van der Waals surface area contributed by atoms with Crippen LogP contribution in [0.15, 0.2) is 60.7 Å². The molecule has 0 aliphatic carbocycles. The van der Waals surface area contributed by atoms with E-state index in [-0.39, 0.29) is 18.1 Å². The van der Waals surface area contributed by atoms with E-state index in [4.69, 9.17) is 4.74 Å². The molecule has 2 N–H and O–H groups in total. The molecular weight excluding hydrogens is 356 g/mol. The van der Waals surface area contributed by atoms with Gasteiger partial charge in [0, 0.05) is 12.3 Å². The topological polar surface area (TPSA) is 66.8 Å². The van der Waals surface area contributed by atoms with Crippen LogP contribution in [-0.4, -0.2) is 42.7 Å². The van der Waals surface area contributed by atoms with Crippen molar-refractivity contribution >= 4 is 24.7 Å². The molecule has 144 valence electrons. The van der Waals surface area contributed by atoms with Crippen molar-refractivity contribution in [2.45, 2.75) is 43.7 Å². The fourth-order valence-corrected chi connectivity index (χ4v) is 11.2. The lowest BCUT2D eigenvalue weighted by molar-refractivity contribution is -0.147. The second-order valence-corrected chi connectivity index (χ2v) is 13.3. The number of aldehydes is 1. The summed E-state index contributed by atoms with van der Waals surface area (Å²) in [5.41, 5.74) is -1.51. The Kier molecular flexibility index (Phi) is 5.41. The maximum atomic E-state index is 12.0. The molecule has 2 aromatic carbocycles. The van der Waals surface area contributed by atoms with Gasteiger partial charge < -0.3 is 19.7 Å². The van der Waals surface area contributed by atoms with Crippen LogP contribution in [-0.2, 0) is 9.53 Å². The van der Waals surface area contributed by atoms with Gasteiger partial charge in [-0.25, -0.2) is 0 Å². The van der Waals surface area contributed by atoms with Gasteiger partial charge in [0.15, 0.2) is 13.5 Å². The van der Waals surface area contributed by atoms with Gasteiger partial charge in [0.2, 0.25) is 0 Å². The van der Waals surface area contributed by atoms with Crippen molar-refractivity contribution in [3.05, 3.63) is 60.7 Å². The maximum absolute atomic E-state index is 12.0. The summed E-state index contributed by atoms with van der Waals surface area (Å²) in [6.45, 7) is 6.10. The van der Waals surface area contributed by atoms with Gasteiger partial charge in [0.05, 0.1) is 12.7 Å². The van der Waals surface area contributed by atoms with Crippen LogP contribution >= 0.6 is 0 Å². The molecule has 1 heterocycles. The monoisotopic (exact) mass is 384 g/mol. The number of aliphatic hydroxyl groups is 2. The number of carbonyl (C=O) groups excluding carboxylic acids is 1. The van der Waals surface area contributed by atoms with E-state index >= 15 is 0 Å². The Bertz CT molecular complexity index is 732. The number of hydrogen-bond donors (Lipinski definition) is 2. The first-order valence-electron chi connectivity index (χ1n) is 9.37. The average Bonchev–Trinajstić information content (AvgIpc) is 3.00. The van der Waals surface area contributed by atoms with Gasteiger partial charge >= 0.3 is 0 Å². The SMILES string of the molecule is CC(C)(C)[Si](c1ccccc1)(c1ccccc1)C1(O)C[C@H](C=O)[C@@H](CO)O1. The van der Waals surface area contributed by atoms with Crippen LogP contribution < -0.4 is 10.4 Å². The quantitative estimate of drug-likeness (QED) is 0.610. The van der Waals surface area contributed by atoms with Crippen LogP contribution in [0.4, 0.5) is 0 Å². The summed E-state index contributed by atoms with van der Waals surface area (Å²) in [7, 11) is -2.99. The highest BCUT2D eigenvalue weighted by atomic mass is 28.3. The minimum Gasteiger partial charge on any atom is -0.394 e. The molecule has 0 amide bonds. The van der Waals surface area contributed by atoms with Gasteiger partial charge in [-0.2, -0.15) is 0 Å². The second-order valence-electron chi connectivity index (χ2n) is 8.36. The summed E-state index contributed by atoms with van der Waals surface area (Å²) in [6.07, 6.45) is 0.306. The van der Waals surface area contributed by atoms with E-state index in [2.05, 4.69) is 20.8 Å². The van der Waals surface area contributed by atoms with E-state index in [1.54, 1.807) is 0 Å². The molecule has 1 unspecified atom stereocenters. The van der Waals surface area contributed by atoms with Crippen LogP contribution in [0.5, 0.6) is 0 Å². The molecule has 0 radical (unpaired) electrons. The number of rotatable bonds is 5. The highest BCUT2D eigenvalue weighted by Crippen LogP contribution is 2.49. The summed E-state index contributed by atoms with van der Waals surface area (Å²) >= 11 is 0. The van der Waals surface area contributed by atoms with Crippen molar-refractivity contribution in [2.75, 3.05) is 6.61 Å². The van der Waals surface area contributed by atoms with Gasteiger partial charge in [-0.05, 0) is 15.4 Å². The van der Waals surface area contributed by atoms with Crippen molar-refractivity contribution in [2.24, 2.45) is 5.92 Å². The zero-order valence-electron chi connectivity index (χ0n) is 16.1. The second kappa shape index (κ2) is 7.32. The molecule has 0 aromatic heterocycles. The van der Waals surface area contributed by atoms with Crippen molar-refractivity contribution in [1.29, 1.82) is 0 Å². The van der Waals surface area contributed by atoms with Crippen LogP contribution in [0.25, 0.3) is 0 Å². The number of ether oxygens (including phenoxy) is 1. The van der Waals surface area contributed by atoms with Crippen LogP contribution in [0, 0.1) is 5.92 Å². The summed E-state index contributed by atoms with van der Waals surface area (Å²) in [4.78, 5) is 11.6. The lowest BCUT2D eigenvalue weighted by Gasteiger charge is -2.51. The third-order valence-corrected chi connectivity index (χ3v) is 12.0. The fraction of sp³-hybridized carbons (Fsp3) is 0.409. The maximum Gasteiger partial charge on any atom is 0.191 e. The summed E-state index contributed by atoms with van der Waals surface area (Å²) in [6, 6.07) is 20.0. The predicted molar refractivity (Wildman–Crippen MR) is 109 cm³/mol. The largest absolute Gasteiger partial charge is 0.394 e. The van der Waals surface area contributed by atoms with E-state index in [1.807, 2.05) is 60.7 Å². The highest BCUT2D eigenvalue weighted by Gasteiger charge is 2.66. The molecule has 27 heavy (non-hydrogen) atoms. The van der Waals surface area contributed by atoms with E-state index in [0.29, 0.717) is 0 Å². The average molecular weight is 385 g/mol. The number of hydrogen-bond acceptors (Lipinski definition) is 4. The van der Waals surface area contributed by atoms with Crippen molar-refractivity contribution in [1.82, 2.24) is 0 Å². The minimum absolute atomic E-state index is 0.189. The Hall–Kier alpha value is -1.79. The number of carbonyl (C=O) groups is 1. The first-order valence-corrected chi connectivity index (χ1v) is 11.4. The molecule has 3 atom stereocenters. The fourth-order valence-electron chi connectivity index (χ4n) is 4.83. The Labute approximate surface area is 161 Å². The minimum atomic E-state index is -2.99. The zero-order valence-corrected chi connectivity index (χ0v) is 17.1.